The Morgan fingerprint density at radius 1 is 1.30 bits per heavy atom. The molecule has 0 spiro atoms. The Balaban J connectivity index is 1.52. The highest BCUT2D eigenvalue weighted by Gasteiger charge is 2.24. The van der Waals surface area contributed by atoms with Crippen LogP contribution >= 0.6 is 0 Å². The molecular weight excluding hydrogens is 302 g/mol. The van der Waals surface area contributed by atoms with Gasteiger partial charge in [0, 0.05) is 23.2 Å². The molecule has 120 valence electrons. The van der Waals surface area contributed by atoms with E-state index in [1.807, 2.05) is 6.07 Å². The van der Waals surface area contributed by atoms with E-state index in [9.17, 15) is 8.78 Å². The molecule has 0 radical (unpaired) electrons. The van der Waals surface area contributed by atoms with Gasteiger partial charge in [-0.05, 0) is 31.0 Å². The molecule has 23 heavy (non-hydrogen) atoms. The molecule has 0 bridgehead atoms. The Bertz CT molecular complexity index is 822. The van der Waals surface area contributed by atoms with Crippen LogP contribution < -0.4 is 5.32 Å². The summed E-state index contributed by atoms with van der Waals surface area (Å²) in [6.45, 7) is -2.18. The van der Waals surface area contributed by atoms with Gasteiger partial charge < -0.3 is 9.84 Å². The van der Waals surface area contributed by atoms with Crippen molar-refractivity contribution < 1.29 is 13.3 Å². The number of fused-ring (bicyclic) bond motifs is 1. The second-order valence-electron chi connectivity index (χ2n) is 5.77. The molecule has 5 nitrogen and oxygen atoms in total. The third-order valence-corrected chi connectivity index (χ3v) is 4.36. The van der Waals surface area contributed by atoms with E-state index in [1.165, 1.54) is 12.6 Å². The number of alkyl halides is 2. The summed E-state index contributed by atoms with van der Waals surface area (Å²) in [6, 6.07) is 6.95. The number of rotatable bonds is 5. The first-order valence-corrected chi connectivity index (χ1v) is 7.66. The van der Waals surface area contributed by atoms with Crippen LogP contribution in [0.15, 0.2) is 35.0 Å². The van der Waals surface area contributed by atoms with Crippen LogP contribution in [0, 0.1) is 0 Å². The van der Waals surface area contributed by atoms with E-state index in [0.29, 0.717) is 23.9 Å². The van der Waals surface area contributed by atoms with Gasteiger partial charge in [0.15, 0.2) is 5.82 Å². The first-order valence-electron chi connectivity index (χ1n) is 7.66. The second-order valence-corrected chi connectivity index (χ2v) is 5.77. The van der Waals surface area contributed by atoms with Gasteiger partial charge in [-0.15, -0.1) is 0 Å². The quantitative estimate of drug-likeness (QED) is 0.762. The number of nitrogens with zero attached hydrogens (tertiary/aromatic N) is 3. The molecule has 0 amide bonds. The largest absolute Gasteiger partial charge is 0.376 e. The fraction of sp³-hybridized carbons (Fsp3) is 0.375. The molecule has 1 saturated carbocycles. The van der Waals surface area contributed by atoms with Crippen molar-refractivity contribution >= 4 is 16.6 Å². The van der Waals surface area contributed by atoms with Gasteiger partial charge in [0.1, 0.15) is 0 Å². The van der Waals surface area contributed by atoms with Gasteiger partial charge in [0.25, 0.3) is 0 Å². The summed E-state index contributed by atoms with van der Waals surface area (Å²) >= 11 is 0. The summed E-state index contributed by atoms with van der Waals surface area (Å²) in [4.78, 5) is 4.40. The lowest BCUT2D eigenvalue weighted by atomic mass is 9.85. The molecule has 0 unspecified atom stereocenters. The second kappa shape index (κ2) is 5.64. The van der Waals surface area contributed by atoms with Crippen molar-refractivity contribution in [3.8, 4) is 0 Å². The average molecular weight is 318 g/mol. The van der Waals surface area contributed by atoms with Crippen molar-refractivity contribution in [3.63, 3.8) is 0 Å². The van der Waals surface area contributed by atoms with Gasteiger partial charge >= 0.3 is 6.55 Å². The molecule has 1 aliphatic carbocycles. The number of hydrogen-bond donors (Lipinski definition) is 1. The summed E-state index contributed by atoms with van der Waals surface area (Å²) in [5, 5.41) is 7.94. The van der Waals surface area contributed by atoms with E-state index >= 15 is 0 Å². The van der Waals surface area contributed by atoms with Crippen LogP contribution in [0.2, 0.25) is 0 Å². The Morgan fingerprint density at radius 2 is 2.17 bits per heavy atom. The monoisotopic (exact) mass is 318 g/mol. The molecule has 2 heterocycles. The molecule has 2 aromatic heterocycles. The molecule has 7 heteroatoms. The minimum Gasteiger partial charge on any atom is -0.376 e. The Kier molecular flexibility index (Phi) is 3.48. The normalized spacial score (nSPS) is 15.3. The van der Waals surface area contributed by atoms with Crippen molar-refractivity contribution in [2.75, 3.05) is 5.32 Å². The van der Waals surface area contributed by atoms with Gasteiger partial charge in [-0.3, -0.25) is 4.57 Å². The third-order valence-electron chi connectivity index (χ3n) is 4.36. The molecule has 0 atom stereocenters. The number of benzene rings is 1. The van der Waals surface area contributed by atoms with Crippen LogP contribution in [0.4, 0.5) is 14.5 Å². The van der Waals surface area contributed by atoms with E-state index in [4.69, 9.17) is 4.52 Å². The smallest absolute Gasteiger partial charge is 0.319 e. The zero-order chi connectivity index (χ0) is 15.8. The molecule has 3 aromatic rings. The van der Waals surface area contributed by atoms with Gasteiger partial charge in [0.05, 0.1) is 12.1 Å². The van der Waals surface area contributed by atoms with Crippen molar-refractivity contribution in [1.29, 1.82) is 0 Å². The lowest BCUT2D eigenvalue weighted by Crippen LogP contribution is -2.10. The molecule has 1 aliphatic rings. The lowest BCUT2D eigenvalue weighted by Gasteiger charge is -2.20. The van der Waals surface area contributed by atoms with Crippen molar-refractivity contribution in [1.82, 2.24) is 14.7 Å². The lowest BCUT2D eigenvalue weighted by molar-refractivity contribution is 0.0752. The molecule has 4 rings (SSSR count). The Labute approximate surface area is 131 Å². The standard InChI is InChI=1S/C16H16F2N4O/c17-16(18)22-8-7-11-12(5-2-6-13(11)22)19-9-14-20-15(21-23-14)10-3-1-4-10/h2,5-8,10,16,19H,1,3-4,9H2. The highest BCUT2D eigenvalue weighted by atomic mass is 19.3. The minimum absolute atomic E-state index is 0.374. The Hall–Kier alpha value is -2.44. The molecule has 1 N–H and O–H groups in total. The van der Waals surface area contributed by atoms with E-state index in [1.54, 1.807) is 18.2 Å². The van der Waals surface area contributed by atoms with Crippen molar-refractivity contribution in [3.05, 3.63) is 42.2 Å². The summed E-state index contributed by atoms with van der Waals surface area (Å²) in [7, 11) is 0. The summed E-state index contributed by atoms with van der Waals surface area (Å²) in [6.07, 6.45) is 4.84. The van der Waals surface area contributed by atoms with E-state index in [0.717, 1.165) is 34.3 Å². The SMILES string of the molecule is FC(F)n1ccc2c(NCc3nc(C4CCC4)no3)cccc21. The van der Waals surface area contributed by atoms with Crippen molar-refractivity contribution in [2.24, 2.45) is 0 Å². The molecule has 0 saturated heterocycles. The summed E-state index contributed by atoms with van der Waals surface area (Å²) in [5.41, 5.74) is 1.26. The summed E-state index contributed by atoms with van der Waals surface area (Å²) in [5.74, 6) is 1.71. The highest BCUT2D eigenvalue weighted by Crippen LogP contribution is 2.34. The van der Waals surface area contributed by atoms with Crippen LogP contribution in [-0.2, 0) is 6.54 Å². The first kappa shape index (κ1) is 14.2. The number of hydrogen-bond acceptors (Lipinski definition) is 4. The molecule has 1 fully saturated rings. The predicted octanol–water partition coefficient (Wildman–Crippen LogP) is 4.30. The Morgan fingerprint density at radius 3 is 2.91 bits per heavy atom. The number of nitrogens with one attached hydrogen (secondary N) is 1. The maximum Gasteiger partial charge on any atom is 0.319 e. The highest BCUT2D eigenvalue weighted by molar-refractivity contribution is 5.92. The first-order chi connectivity index (χ1) is 11.2. The number of anilines is 1. The van der Waals surface area contributed by atoms with E-state index in [2.05, 4.69) is 15.5 Å². The van der Waals surface area contributed by atoms with Gasteiger partial charge in [0.2, 0.25) is 5.89 Å². The van der Waals surface area contributed by atoms with Crippen LogP contribution in [0.3, 0.4) is 0 Å². The predicted molar refractivity (Wildman–Crippen MR) is 81.4 cm³/mol. The van der Waals surface area contributed by atoms with E-state index in [-0.39, 0.29) is 0 Å². The van der Waals surface area contributed by atoms with Gasteiger partial charge in [-0.1, -0.05) is 17.6 Å². The third kappa shape index (κ3) is 2.56. The van der Waals surface area contributed by atoms with Crippen LogP contribution in [0.1, 0.15) is 43.4 Å². The summed E-state index contributed by atoms with van der Waals surface area (Å²) < 4.78 is 32.1. The van der Waals surface area contributed by atoms with Crippen molar-refractivity contribution in [2.45, 2.75) is 38.3 Å². The van der Waals surface area contributed by atoms with Crippen LogP contribution in [0.25, 0.3) is 10.9 Å². The fourth-order valence-electron chi connectivity index (χ4n) is 2.86. The fourth-order valence-corrected chi connectivity index (χ4v) is 2.86. The average Bonchev–Trinajstić information content (AvgIpc) is 3.10. The topological polar surface area (TPSA) is 55.9 Å². The zero-order valence-corrected chi connectivity index (χ0v) is 12.4. The maximum atomic E-state index is 12.9. The minimum atomic E-state index is -2.55. The number of halogens is 2. The molecular formula is C16H16F2N4O. The van der Waals surface area contributed by atoms with Crippen LogP contribution in [0.5, 0.6) is 0 Å². The molecule has 1 aromatic carbocycles. The van der Waals surface area contributed by atoms with Crippen LogP contribution in [-0.4, -0.2) is 14.7 Å². The number of aromatic nitrogens is 3. The maximum absolute atomic E-state index is 12.9. The zero-order valence-electron chi connectivity index (χ0n) is 12.4. The molecule has 0 aliphatic heterocycles. The van der Waals surface area contributed by atoms with Gasteiger partial charge in [-0.2, -0.15) is 13.8 Å². The van der Waals surface area contributed by atoms with Gasteiger partial charge in [-0.25, -0.2) is 0 Å². The van der Waals surface area contributed by atoms with E-state index < -0.39 is 6.55 Å².